The van der Waals surface area contributed by atoms with Gasteiger partial charge in [-0.3, -0.25) is 0 Å². The van der Waals surface area contributed by atoms with Gasteiger partial charge in [-0.15, -0.1) is 0 Å². The third-order valence-corrected chi connectivity index (χ3v) is 8.82. The number of benzene rings is 8. The Hall–Kier alpha value is -5.86. The van der Waals surface area contributed by atoms with Crippen molar-refractivity contribution in [1.82, 2.24) is 0 Å². The molecule has 0 spiro atoms. The summed E-state index contributed by atoms with van der Waals surface area (Å²) in [6.07, 6.45) is 0. The molecule has 0 saturated heterocycles. The summed E-state index contributed by atoms with van der Waals surface area (Å²) < 4.78 is 6.24. The lowest BCUT2D eigenvalue weighted by Gasteiger charge is -2.32. The first kappa shape index (κ1) is 24.7. The molecule has 44 heavy (non-hydrogen) atoms. The Labute approximate surface area is 256 Å². The van der Waals surface area contributed by atoms with Gasteiger partial charge in [-0.1, -0.05) is 115 Å². The lowest BCUT2D eigenvalue weighted by Crippen LogP contribution is -2.15. The summed E-state index contributed by atoms with van der Waals surface area (Å²) in [5.74, 6) is 1.72. The number of ether oxygens (including phenoxy) is 1. The molecule has 1 heterocycles. The summed E-state index contributed by atoms with van der Waals surface area (Å²) in [5, 5.41) is 7.64. The van der Waals surface area contributed by atoms with Crippen LogP contribution in [0, 0.1) is 0 Å². The van der Waals surface area contributed by atoms with Crippen LogP contribution in [-0.2, 0) is 0 Å². The van der Waals surface area contributed by atoms with Gasteiger partial charge in [-0.05, 0) is 103 Å². The molecule has 0 radical (unpaired) electrons. The highest BCUT2D eigenvalue weighted by Crippen LogP contribution is 2.50. The Morgan fingerprint density at radius 3 is 1.41 bits per heavy atom. The van der Waals surface area contributed by atoms with Crippen molar-refractivity contribution in [2.45, 2.75) is 0 Å². The molecule has 2 nitrogen and oxygen atoms in total. The van der Waals surface area contributed by atoms with Crippen molar-refractivity contribution >= 4 is 49.4 Å². The lowest BCUT2D eigenvalue weighted by molar-refractivity contribution is 0.477. The molecule has 1 aliphatic heterocycles. The summed E-state index contributed by atoms with van der Waals surface area (Å²) >= 11 is 0. The second-order valence-corrected chi connectivity index (χ2v) is 11.3. The fourth-order valence-corrected chi connectivity index (χ4v) is 6.85. The Balaban J connectivity index is 1.24. The van der Waals surface area contributed by atoms with Crippen LogP contribution in [0.25, 0.3) is 54.6 Å². The first-order chi connectivity index (χ1) is 21.8. The van der Waals surface area contributed by atoms with Crippen molar-refractivity contribution in [2.24, 2.45) is 0 Å². The molecule has 2 heteroatoms. The van der Waals surface area contributed by atoms with Gasteiger partial charge in [0.25, 0.3) is 0 Å². The predicted molar refractivity (Wildman–Crippen MR) is 185 cm³/mol. The zero-order valence-electron chi connectivity index (χ0n) is 23.9. The maximum absolute atomic E-state index is 6.24. The summed E-state index contributed by atoms with van der Waals surface area (Å²) in [6.45, 7) is 0. The molecule has 8 aromatic rings. The number of anilines is 3. The molecule has 0 saturated carbocycles. The van der Waals surface area contributed by atoms with Crippen LogP contribution in [-0.4, -0.2) is 0 Å². The fourth-order valence-electron chi connectivity index (χ4n) is 6.85. The normalized spacial score (nSPS) is 12.2. The Morgan fingerprint density at radius 1 is 0.386 bits per heavy atom. The Bertz CT molecular complexity index is 2310. The van der Waals surface area contributed by atoms with E-state index in [4.69, 9.17) is 4.74 Å². The first-order valence-corrected chi connectivity index (χ1v) is 15.0. The van der Waals surface area contributed by atoms with Gasteiger partial charge in [0.15, 0.2) is 11.5 Å². The van der Waals surface area contributed by atoms with Crippen molar-refractivity contribution in [1.29, 1.82) is 0 Å². The highest BCUT2D eigenvalue weighted by molar-refractivity contribution is 6.25. The van der Waals surface area contributed by atoms with Gasteiger partial charge in [-0.2, -0.15) is 0 Å². The largest absolute Gasteiger partial charge is 0.453 e. The summed E-state index contributed by atoms with van der Waals surface area (Å²) in [7, 11) is 0. The van der Waals surface area contributed by atoms with E-state index >= 15 is 0 Å². The van der Waals surface area contributed by atoms with Crippen molar-refractivity contribution in [3.05, 3.63) is 164 Å². The fraction of sp³-hybridized carbons (Fsp3) is 0. The van der Waals surface area contributed by atoms with E-state index < -0.39 is 0 Å². The van der Waals surface area contributed by atoms with E-state index in [1.807, 2.05) is 24.3 Å². The maximum Gasteiger partial charge on any atom is 0.151 e. The first-order valence-electron chi connectivity index (χ1n) is 15.0. The molecule has 0 N–H and O–H groups in total. The third kappa shape index (κ3) is 3.82. The molecule has 9 rings (SSSR count). The summed E-state index contributed by atoms with van der Waals surface area (Å²) in [5.41, 5.74) is 8.09. The van der Waals surface area contributed by atoms with Crippen molar-refractivity contribution in [3.8, 4) is 33.8 Å². The standard InChI is InChI=1S/C42H27NO/c1-2-12-28(13-3-1)36-26-30-27-37(33-15-5-7-17-35(33)42(30)34-16-6-4-14-32(34)36)29-22-24-31(25-23-29)43-38-18-8-10-20-40(38)44-41-21-11-9-19-39(41)43/h1-27H. The minimum absolute atomic E-state index is 0.859. The van der Waals surface area contributed by atoms with Crippen molar-refractivity contribution in [3.63, 3.8) is 0 Å². The third-order valence-electron chi connectivity index (χ3n) is 8.82. The zero-order valence-corrected chi connectivity index (χ0v) is 23.9. The molecule has 8 aromatic carbocycles. The van der Waals surface area contributed by atoms with E-state index in [0.29, 0.717) is 0 Å². The molecule has 0 amide bonds. The van der Waals surface area contributed by atoms with E-state index in [2.05, 4.69) is 144 Å². The molecule has 0 fully saturated rings. The van der Waals surface area contributed by atoms with E-state index in [1.165, 1.54) is 54.6 Å². The molecule has 206 valence electrons. The van der Waals surface area contributed by atoms with Crippen molar-refractivity contribution in [2.75, 3.05) is 4.90 Å². The monoisotopic (exact) mass is 561 g/mol. The minimum Gasteiger partial charge on any atom is -0.453 e. The second kappa shape index (κ2) is 9.86. The predicted octanol–water partition coefficient (Wildman–Crippen LogP) is 12.1. The van der Waals surface area contributed by atoms with Gasteiger partial charge < -0.3 is 9.64 Å². The van der Waals surface area contributed by atoms with Crippen LogP contribution in [0.4, 0.5) is 17.1 Å². The van der Waals surface area contributed by atoms with Gasteiger partial charge in [0.05, 0.1) is 11.4 Å². The minimum atomic E-state index is 0.859. The average Bonchev–Trinajstić information content (AvgIpc) is 3.10. The molecule has 0 aromatic heterocycles. The van der Waals surface area contributed by atoms with E-state index in [-0.39, 0.29) is 0 Å². The van der Waals surface area contributed by atoms with Gasteiger partial charge >= 0.3 is 0 Å². The second-order valence-electron chi connectivity index (χ2n) is 11.3. The lowest BCUT2D eigenvalue weighted by atomic mass is 9.87. The smallest absolute Gasteiger partial charge is 0.151 e. The molecule has 0 bridgehead atoms. The van der Waals surface area contributed by atoms with Gasteiger partial charge in [0.2, 0.25) is 0 Å². The maximum atomic E-state index is 6.24. The van der Waals surface area contributed by atoms with Gasteiger partial charge in [0.1, 0.15) is 0 Å². The van der Waals surface area contributed by atoms with Crippen LogP contribution >= 0.6 is 0 Å². The molecular weight excluding hydrogens is 534 g/mol. The van der Waals surface area contributed by atoms with Crippen LogP contribution in [0.5, 0.6) is 11.5 Å². The van der Waals surface area contributed by atoms with Crippen LogP contribution in [0.2, 0.25) is 0 Å². The van der Waals surface area contributed by atoms with E-state index in [1.54, 1.807) is 0 Å². The molecule has 0 atom stereocenters. The molecular formula is C42H27NO. The van der Waals surface area contributed by atoms with Gasteiger partial charge in [0, 0.05) is 5.69 Å². The number of para-hydroxylation sites is 4. The topological polar surface area (TPSA) is 12.5 Å². The number of hydrogen-bond acceptors (Lipinski definition) is 2. The number of nitrogens with zero attached hydrogens (tertiary/aromatic N) is 1. The number of fused-ring (bicyclic) bond motifs is 7. The van der Waals surface area contributed by atoms with E-state index in [9.17, 15) is 0 Å². The molecule has 1 aliphatic rings. The Kier molecular flexibility index (Phi) is 5.54. The zero-order chi connectivity index (χ0) is 29.0. The highest BCUT2D eigenvalue weighted by Gasteiger charge is 2.25. The average molecular weight is 562 g/mol. The number of hydrogen-bond donors (Lipinski definition) is 0. The SMILES string of the molecule is c1ccc(-c2cc3cc(-c4ccc(N5c6ccccc6Oc6ccccc65)cc4)c4ccccc4c3c3ccccc23)cc1. The number of rotatable bonds is 3. The summed E-state index contributed by atoms with van der Waals surface area (Å²) in [4.78, 5) is 2.29. The van der Waals surface area contributed by atoms with Crippen LogP contribution in [0.1, 0.15) is 0 Å². The summed E-state index contributed by atoms with van der Waals surface area (Å²) in [6, 6.07) is 58.5. The quantitative estimate of drug-likeness (QED) is 0.199. The highest BCUT2D eigenvalue weighted by atomic mass is 16.5. The van der Waals surface area contributed by atoms with E-state index in [0.717, 1.165) is 28.6 Å². The van der Waals surface area contributed by atoms with Crippen molar-refractivity contribution < 1.29 is 4.74 Å². The van der Waals surface area contributed by atoms with Crippen LogP contribution in [0.15, 0.2) is 164 Å². The molecule has 0 unspecified atom stereocenters. The molecule has 0 aliphatic carbocycles. The van der Waals surface area contributed by atoms with Crippen LogP contribution in [0.3, 0.4) is 0 Å². The Morgan fingerprint density at radius 2 is 0.841 bits per heavy atom. The van der Waals surface area contributed by atoms with Crippen LogP contribution < -0.4 is 9.64 Å². The van der Waals surface area contributed by atoms with Gasteiger partial charge in [-0.25, -0.2) is 0 Å².